The average molecular weight is 146 g/mol. The van der Waals surface area contributed by atoms with Gasteiger partial charge in [0.2, 0.25) is 0 Å². The van der Waals surface area contributed by atoms with Gasteiger partial charge in [-0.2, -0.15) is 0 Å². The second kappa shape index (κ2) is 3.66. The van der Waals surface area contributed by atoms with Crippen LogP contribution in [0.15, 0.2) is 0 Å². The van der Waals surface area contributed by atoms with Crippen molar-refractivity contribution in [2.45, 2.75) is 31.5 Å². The molecule has 0 aromatic heterocycles. The zero-order valence-electron chi connectivity index (χ0n) is 5.75. The molecule has 10 heavy (non-hydrogen) atoms. The monoisotopic (exact) mass is 146 g/mol. The van der Waals surface area contributed by atoms with Gasteiger partial charge < -0.3 is 9.53 Å². The van der Waals surface area contributed by atoms with Crippen LogP contribution in [0.1, 0.15) is 19.3 Å². The fraction of sp³-hybridized carbons (Fsp3) is 0.857. The molecule has 2 unspecified atom stereocenters. The first-order chi connectivity index (χ1) is 4.83. The fourth-order valence-electron chi connectivity index (χ4n) is 1.14. The number of rotatable bonds is 3. The van der Waals surface area contributed by atoms with Crippen molar-refractivity contribution >= 4 is 6.29 Å². The summed E-state index contributed by atoms with van der Waals surface area (Å²) in [7, 11) is 0. The quantitative estimate of drug-likeness (QED) is 0.557. The van der Waals surface area contributed by atoms with Crippen LogP contribution in [-0.2, 0) is 9.53 Å². The second-order valence-electron chi connectivity index (χ2n) is 2.52. The third kappa shape index (κ3) is 2.06. The van der Waals surface area contributed by atoms with E-state index in [4.69, 9.17) is 4.74 Å². The highest BCUT2D eigenvalue weighted by Gasteiger charge is 2.19. The van der Waals surface area contributed by atoms with Crippen molar-refractivity contribution in [3.63, 3.8) is 0 Å². The maximum Gasteiger partial charge on any atom is 0.158 e. The van der Waals surface area contributed by atoms with Gasteiger partial charge in [0, 0.05) is 13.0 Å². The van der Waals surface area contributed by atoms with E-state index in [2.05, 4.69) is 0 Å². The predicted molar refractivity (Wildman–Crippen MR) is 34.6 cm³/mol. The van der Waals surface area contributed by atoms with Crippen molar-refractivity contribution in [1.82, 2.24) is 0 Å². The van der Waals surface area contributed by atoms with E-state index in [1.165, 1.54) is 0 Å². The molecule has 1 rings (SSSR count). The third-order valence-corrected chi connectivity index (χ3v) is 1.66. The minimum atomic E-state index is -1.33. The Hall–Kier alpha value is -0.440. The lowest BCUT2D eigenvalue weighted by Crippen LogP contribution is -2.14. The Labute approximate surface area is 59.4 Å². The van der Waals surface area contributed by atoms with Crippen LogP contribution in [0.4, 0.5) is 4.39 Å². The molecular formula is C7H11FO2. The smallest absolute Gasteiger partial charge is 0.158 e. The zero-order chi connectivity index (χ0) is 7.40. The SMILES string of the molecule is O=CC(F)CC1CCCO1. The molecule has 1 fully saturated rings. The van der Waals surface area contributed by atoms with Crippen LogP contribution in [0, 0.1) is 0 Å². The molecule has 0 amide bonds. The van der Waals surface area contributed by atoms with Gasteiger partial charge in [-0.05, 0) is 12.8 Å². The van der Waals surface area contributed by atoms with Crippen molar-refractivity contribution in [3.8, 4) is 0 Å². The van der Waals surface area contributed by atoms with Gasteiger partial charge in [0.15, 0.2) is 12.5 Å². The van der Waals surface area contributed by atoms with Gasteiger partial charge in [-0.1, -0.05) is 0 Å². The highest BCUT2D eigenvalue weighted by Crippen LogP contribution is 2.17. The summed E-state index contributed by atoms with van der Waals surface area (Å²) < 4.78 is 17.5. The maximum atomic E-state index is 12.3. The van der Waals surface area contributed by atoms with Gasteiger partial charge in [0.1, 0.15) is 0 Å². The molecule has 3 heteroatoms. The van der Waals surface area contributed by atoms with Gasteiger partial charge in [0.05, 0.1) is 6.10 Å². The highest BCUT2D eigenvalue weighted by molar-refractivity contribution is 5.55. The predicted octanol–water partition coefficient (Wildman–Crippen LogP) is 1.09. The lowest BCUT2D eigenvalue weighted by Gasteiger charge is -2.07. The molecule has 0 bridgehead atoms. The first kappa shape index (κ1) is 7.66. The van der Waals surface area contributed by atoms with Gasteiger partial charge in [-0.15, -0.1) is 0 Å². The Kier molecular flexibility index (Phi) is 2.81. The van der Waals surface area contributed by atoms with E-state index in [9.17, 15) is 9.18 Å². The van der Waals surface area contributed by atoms with Crippen LogP contribution in [0.25, 0.3) is 0 Å². The first-order valence-electron chi connectivity index (χ1n) is 3.54. The third-order valence-electron chi connectivity index (χ3n) is 1.66. The standard InChI is InChI=1S/C7H11FO2/c8-6(5-9)4-7-2-1-3-10-7/h5-7H,1-4H2. The zero-order valence-corrected chi connectivity index (χ0v) is 5.75. The van der Waals surface area contributed by atoms with Crippen LogP contribution < -0.4 is 0 Å². The molecule has 0 spiro atoms. The normalized spacial score (nSPS) is 28.3. The number of ether oxygens (including phenoxy) is 1. The summed E-state index contributed by atoms with van der Waals surface area (Å²) in [5, 5.41) is 0. The highest BCUT2D eigenvalue weighted by atomic mass is 19.1. The van der Waals surface area contributed by atoms with E-state index in [-0.39, 0.29) is 12.5 Å². The van der Waals surface area contributed by atoms with Crippen molar-refractivity contribution < 1.29 is 13.9 Å². The second-order valence-corrected chi connectivity index (χ2v) is 2.52. The number of carbonyl (C=O) groups is 1. The van der Waals surface area contributed by atoms with E-state index in [1.807, 2.05) is 0 Å². The van der Waals surface area contributed by atoms with Crippen LogP contribution >= 0.6 is 0 Å². The summed E-state index contributed by atoms with van der Waals surface area (Å²) in [5.41, 5.74) is 0. The van der Waals surface area contributed by atoms with Gasteiger partial charge in [-0.25, -0.2) is 4.39 Å². The molecule has 0 aliphatic carbocycles. The maximum absolute atomic E-state index is 12.3. The lowest BCUT2D eigenvalue weighted by atomic mass is 10.1. The van der Waals surface area contributed by atoms with E-state index in [1.54, 1.807) is 0 Å². The minimum absolute atomic E-state index is 0.0137. The Balaban J connectivity index is 2.17. The molecule has 1 aliphatic heterocycles. The molecule has 0 saturated carbocycles. The van der Waals surface area contributed by atoms with E-state index in [0.717, 1.165) is 19.4 Å². The Morgan fingerprint density at radius 3 is 3.10 bits per heavy atom. The lowest BCUT2D eigenvalue weighted by molar-refractivity contribution is -0.113. The topological polar surface area (TPSA) is 26.3 Å². The number of carbonyl (C=O) groups excluding carboxylic acids is 1. The number of halogens is 1. The molecule has 1 saturated heterocycles. The Morgan fingerprint density at radius 1 is 1.80 bits per heavy atom. The van der Waals surface area contributed by atoms with Gasteiger partial charge in [-0.3, -0.25) is 0 Å². The van der Waals surface area contributed by atoms with Crippen LogP contribution in [0.3, 0.4) is 0 Å². The molecule has 58 valence electrons. The summed E-state index contributed by atoms with van der Waals surface area (Å²) in [5.74, 6) is 0. The number of alkyl halides is 1. The minimum Gasteiger partial charge on any atom is -0.378 e. The van der Waals surface area contributed by atoms with Crippen molar-refractivity contribution in [1.29, 1.82) is 0 Å². The number of aldehydes is 1. The number of hydrogen-bond donors (Lipinski definition) is 0. The van der Waals surface area contributed by atoms with E-state index in [0.29, 0.717) is 6.29 Å². The van der Waals surface area contributed by atoms with E-state index >= 15 is 0 Å². The first-order valence-corrected chi connectivity index (χ1v) is 3.54. The Bertz CT molecular complexity index is 110. The van der Waals surface area contributed by atoms with Crippen molar-refractivity contribution in [2.75, 3.05) is 6.61 Å². The van der Waals surface area contributed by atoms with Gasteiger partial charge in [0.25, 0.3) is 0 Å². The Morgan fingerprint density at radius 2 is 2.60 bits per heavy atom. The molecule has 1 aliphatic rings. The molecule has 0 aromatic rings. The molecule has 0 aromatic carbocycles. The molecule has 1 heterocycles. The summed E-state index contributed by atoms with van der Waals surface area (Å²) in [6.07, 6.45) is 1.12. The summed E-state index contributed by atoms with van der Waals surface area (Å²) in [6, 6.07) is 0. The van der Waals surface area contributed by atoms with Crippen molar-refractivity contribution in [3.05, 3.63) is 0 Å². The molecule has 0 radical (unpaired) electrons. The molecule has 0 N–H and O–H groups in total. The van der Waals surface area contributed by atoms with Gasteiger partial charge >= 0.3 is 0 Å². The van der Waals surface area contributed by atoms with Crippen LogP contribution in [0.2, 0.25) is 0 Å². The summed E-state index contributed by atoms with van der Waals surface area (Å²) in [4.78, 5) is 9.86. The van der Waals surface area contributed by atoms with Crippen molar-refractivity contribution in [2.24, 2.45) is 0 Å². The largest absolute Gasteiger partial charge is 0.378 e. The fourth-order valence-corrected chi connectivity index (χ4v) is 1.14. The summed E-state index contributed by atoms with van der Waals surface area (Å²) in [6.45, 7) is 0.718. The number of hydrogen-bond acceptors (Lipinski definition) is 2. The summed E-state index contributed by atoms with van der Waals surface area (Å²) >= 11 is 0. The van der Waals surface area contributed by atoms with Crippen LogP contribution in [0.5, 0.6) is 0 Å². The molecule has 2 nitrogen and oxygen atoms in total. The molecular weight excluding hydrogens is 135 g/mol. The average Bonchev–Trinajstić information content (AvgIpc) is 2.40. The molecule has 2 atom stereocenters. The van der Waals surface area contributed by atoms with E-state index < -0.39 is 6.17 Å². The van der Waals surface area contributed by atoms with Crippen LogP contribution in [-0.4, -0.2) is 25.2 Å².